The van der Waals surface area contributed by atoms with Gasteiger partial charge in [-0.05, 0) is 37.0 Å². The molecule has 0 aliphatic rings. The van der Waals surface area contributed by atoms with Crippen LogP contribution in [0.5, 0.6) is 0 Å². The molecular formula is C18H27N. The molecular weight excluding hydrogens is 230 g/mol. The molecule has 0 rings (SSSR count). The molecule has 0 unspecified atom stereocenters. The first-order chi connectivity index (χ1) is 9.08. The highest BCUT2D eigenvalue weighted by Crippen LogP contribution is 2.19. The minimum atomic E-state index is 0.830. The number of rotatable bonds is 9. The highest BCUT2D eigenvalue weighted by molar-refractivity contribution is 5.35. The summed E-state index contributed by atoms with van der Waals surface area (Å²) < 4.78 is 0. The maximum absolute atomic E-state index is 4.19. The summed E-state index contributed by atoms with van der Waals surface area (Å²) in [7, 11) is 1.92. The summed E-state index contributed by atoms with van der Waals surface area (Å²) in [6, 6.07) is 0. The maximum atomic E-state index is 4.19. The summed E-state index contributed by atoms with van der Waals surface area (Å²) in [4.78, 5) is 0. The molecule has 0 aliphatic carbocycles. The molecule has 1 nitrogen and oxygen atoms in total. The minimum absolute atomic E-state index is 0.830. The highest BCUT2D eigenvalue weighted by atomic mass is 14.8. The molecule has 1 N–H and O–H groups in total. The molecule has 0 aromatic rings. The Bertz CT molecular complexity index is 405. The summed E-state index contributed by atoms with van der Waals surface area (Å²) in [5.74, 6) is 0. The van der Waals surface area contributed by atoms with E-state index in [2.05, 4.69) is 51.1 Å². The standard InChI is InChI=1S/C18H27N/c1-7-10-15(4)12-13-17(9-3)16(5)14-18(19-6)11-8-2/h7-8,11-13,19H,1-2,5,9-10,14H2,3-4,6H3/b15-12?,17-13+,18-11-. The lowest BCUT2D eigenvalue weighted by Crippen LogP contribution is -2.06. The molecule has 0 aromatic heterocycles. The van der Waals surface area contributed by atoms with E-state index in [1.807, 2.05) is 19.2 Å². The average molecular weight is 257 g/mol. The van der Waals surface area contributed by atoms with E-state index in [1.54, 1.807) is 6.08 Å². The molecule has 0 fully saturated rings. The lowest BCUT2D eigenvalue weighted by molar-refractivity contribution is 0.907. The molecule has 104 valence electrons. The van der Waals surface area contributed by atoms with Crippen LogP contribution in [0.2, 0.25) is 0 Å². The van der Waals surface area contributed by atoms with Crippen molar-refractivity contribution in [1.82, 2.24) is 5.32 Å². The molecule has 0 saturated heterocycles. The zero-order valence-corrected chi connectivity index (χ0v) is 12.6. The van der Waals surface area contributed by atoms with Gasteiger partial charge >= 0.3 is 0 Å². The normalized spacial score (nSPS) is 13.1. The van der Waals surface area contributed by atoms with Gasteiger partial charge in [0.05, 0.1) is 0 Å². The van der Waals surface area contributed by atoms with Gasteiger partial charge in [0, 0.05) is 19.2 Å². The summed E-state index contributed by atoms with van der Waals surface area (Å²) in [6.45, 7) is 15.9. The van der Waals surface area contributed by atoms with Crippen LogP contribution in [0.25, 0.3) is 0 Å². The lowest BCUT2D eigenvalue weighted by atomic mass is 9.99. The van der Waals surface area contributed by atoms with E-state index >= 15 is 0 Å². The Labute approximate surface area is 118 Å². The Morgan fingerprint density at radius 1 is 1.16 bits per heavy atom. The minimum Gasteiger partial charge on any atom is -0.391 e. The Morgan fingerprint density at radius 2 is 1.84 bits per heavy atom. The van der Waals surface area contributed by atoms with Gasteiger partial charge in [0.1, 0.15) is 0 Å². The first kappa shape index (κ1) is 17.2. The van der Waals surface area contributed by atoms with E-state index in [4.69, 9.17) is 0 Å². The van der Waals surface area contributed by atoms with Crippen molar-refractivity contribution in [3.05, 3.63) is 72.5 Å². The van der Waals surface area contributed by atoms with E-state index in [-0.39, 0.29) is 0 Å². The molecule has 0 aliphatic heterocycles. The Balaban J connectivity index is 4.86. The van der Waals surface area contributed by atoms with E-state index in [0.717, 1.165) is 30.5 Å². The first-order valence-corrected chi connectivity index (χ1v) is 6.73. The number of hydrogen-bond donors (Lipinski definition) is 1. The fraction of sp³-hybridized carbons (Fsp3) is 0.333. The van der Waals surface area contributed by atoms with Crippen molar-refractivity contribution in [3.63, 3.8) is 0 Å². The van der Waals surface area contributed by atoms with Crippen molar-refractivity contribution >= 4 is 0 Å². The van der Waals surface area contributed by atoms with Crippen LogP contribution in [0.15, 0.2) is 72.5 Å². The van der Waals surface area contributed by atoms with Crippen LogP contribution in [-0.2, 0) is 0 Å². The molecule has 0 saturated carbocycles. The van der Waals surface area contributed by atoms with Crippen molar-refractivity contribution in [2.45, 2.75) is 33.1 Å². The zero-order chi connectivity index (χ0) is 14.7. The molecule has 0 heterocycles. The third-order valence-electron chi connectivity index (χ3n) is 2.91. The Morgan fingerprint density at radius 3 is 2.32 bits per heavy atom. The SMILES string of the molecule is C=C/C=C(/CC(=C)/C(=C/C=C(C)CC=C)CC)NC. The second-order valence-electron chi connectivity index (χ2n) is 4.51. The summed E-state index contributed by atoms with van der Waals surface area (Å²) in [5, 5.41) is 3.17. The second kappa shape index (κ2) is 10.2. The van der Waals surface area contributed by atoms with Crippen molar-refractivity contribution in [2.24, 2.45) is 0 Å². The fourth-order valence-corrected chi connectivity index (χ4v) is 1.74. The zero-order valence-electron chi connectivity index (χ0n) is 12.6. The van der Waals surface area contributed by atoms with Crippen molar-refractivity contribution in [2.75, 3.05) is 7.05 Å². The van der Waals surface area contributed by atoms with Gasteiger partial charge in [0.15, 0.2) is 0 Å². The molecule has 0 spiro atoms. The van der Waals surface area contributed by atoms with Gasteiger partial charge in [-0.3, -0.25) is 0 Å². The predicted octanol–water partition coefficient (Wildman–Crippen LogP) is 5.08. The quantitative estimate of drug-likeness (QED) is 0.448. The second-order valence-corrected chi connectivity index (χ2v) is 4.51. The van der Waals surface area contributed by atoms with Crippen molar-refractivity contribution < 1.29 is 0 Å². The summed E-state index contributed by atoms with van der Waals surface area (Å²) in [5.41, 5.74) is 4.87. The molecule has 0 bridgehead atoms. The monoisotopic (exact) mass is 257 g/mol. The topological polar surface area (TPSA) is 12.0 Å². The first-order valence-electron chi connectivity index (χ1n) is 6.73. The molecule has 19 heavy (non-hydrogen) atoms. The lowest BCUT2D eigenvalue weighted by Gasteiger charge is -2.11. The van der Waals surface area contributed by atoms with Gasteiger partial charge in [0.2, 0.25) is 0 Å². The Kier molecular flexibility index (Phi) is 9.25. The predicted molar refractivity (Wildman–Crippen MR) is 88.0 cm³/mol. The largest absolute Gasteiger partial charge is 0.391 e. The Hall–Kier alpha value is -1.76. The number of nitrogens with one attached hydrogen (secondary N) is 1. The van der Waals surface area contributed by atoms with Gasteiger partial charge in [0.25, 0.3) is 0 Å². The van der Waals surface area contributed by atoms with Gasteiger partial charge in [-0.15, -0.1) is 6.58 Å². The third-order valence-corrected chi connectivity index (χ3v) is 2.91. The summed E-state index contributed by atoms with van der Waals surface area (Å²) in [6.07, 6.45) is 12.8. The van der Waals surface area contributed by atoms with Crippen LogP contribution in [0.4, 0.5) is 0 Å². The van der Waals surface area contributed by atoms with E-state index in [1.165, 1.54) is 11.1 Å². The smallest absolute Gasteiger partial charge is 0.0148 e. The van der Waals surface area contributed by atoms with Crippen LogP contribution >= 0.6 is 0 Å². The van der Waals surface area contributed by atoms with Crippen molar-refractivity contribution in [3.8, 4) is 0 Å². The van der Waals surface area contributed by atoms with Crippen LogP contribution in [0.1, 0.15) is 33.1 Å². The highest BCUT2D eigenvalue weighted by Gasteiger charge is 2.02. The van der Waals surface area contributed by atoms with Crippen LogP contribution in [0.3, 0.4) is 0 Å². The molecule has 1 heteroatoms. The van der Waals surface area contributed by atoms with Crippen LogP contribution < -0.4 is 5.32 Å². The number of hydrogen-bond acceptors (Lipinski definition) is 1. The molecule has 0 amide bonds. The third kappa shape index (κ3) is 7.30. The summed E-state index contributed by atoms with van der Waals surface area (Å²) >= 11 is 0. The van der Waals surface area contributed by atoms with Gasteiger partial charge < -0.3 is 5.32 Å². The van der Waals surface area contributed by atoms with Crippen LogP contribution in [-0.4, -0.2) is 7.05 Å². The number of allylic oxidation sites excluding steroid dienone is 8. The average Bonchev–Trinajstić information content (AvgIpc) is 2.39. The van der Waals surface area contributed by atoms with Gasteiger partial charge in [-0.2, -0.15) is 0 Å². The van der Waals surface area contributed by atoms with Crippen molar-refractivity contribution in [1.29, 1.82) is 0 Å². The van der Waals surface area contributed by atoms with Gasteiger partial charge in [-0.1, -0.05) is 50.0 Å². The molecule has 0 atom stereocenters. The molecule has 0 radical (unpaired) electrons. The van der Waals surface area contributed by atoms with E-state index in [9.17, 15) is 0 Å². The van der Waals surface area contributed by atoms with Gasteiger partial charge in [-0.25, -0.2) is 0 Å². The molecule has 0 aromatic carbocycles. The van der Waals surface area contributed by atoms with E-state index < -0.39 is 0 Å². The van der Waals surface area contributed by atoms with Crippen LogP contribution in [0, 0.1) is 0 Å². The van der Waals surface area contributed by atoms with E-state index in [0.29, 0.717) is 0 Å². The fourth-order valence-electron chi connectivity index (χ4n) is 1.74. The maximum Gasteiger partial charge on any atom is 0.0148 e.